The Morgan fingerprint density at radius 1 is 0.531 bits per heavy atom. The number of carbonyl (C=O) groups excluding carboxylic acids is 6. The van der Waals surface area contributed by atoms with E-state index in [0.29, 0.717) is 89.4 Å². The number of amides is 6. The number of para-hydroxylation sites is 3. The number of nitrogens with zero attached hydrogens (tertiary/aromatic N) is 12. The lowest BCUT2D eigenvalue weighted by Crippen LogP contribution is -2.57. The van der Waals surface area contributed by atoms with E-state index >= 15 is 0 Å². The minimum absolute atomic E-state index is 0.0321. The predicted octanol–water partition coefficient (Wildman–Crippen LogP) is 17.2. The fourth-order valence-electron chi connectivity index (χ4n) is 14.1. The number of H-pyrrole nitrogens is 1. The first-order chi connectivity index (χ1) is 61.9. The third-order valence-corrected chi connectivity index (χ3v) is 26.3. The van der Waals surface area contributed by atoms with Crippen molar-refractivity contribution in [2.75, 3.05) is 119 Å². The molecule has 6 amide bonds. The number of pyridine rings is 3. The van der Waals surface area contributed by atoms with E-state index in [1.54, 1.807) is 143 Å². The normalized spacial score (nSPS) is 13.6. The van der Waals surface area contributed by atoms with Crippen LogP contribution < -0.4 is 35.9 Å². The van der Waals surface area contributed by atoms with Crippen LogP contribution in [0, 0.1) is 0 Å². The lowest BCUT2D eigenvalue weighted by Gasteiger charge is -2.40. The summed E-state index contributed by atoms with van der Waals surface area (Å²) in [5.41, 5.74) is 19.5. The Bertz CT molecular complexity index is 6010. The molecule has 6 N–H and O–H groups in total. The number of benzene rings is 6. The summed E-state index contributed by atoms with van der Waals surface area (Å²) >= 11 is 0. The number of fused-ring (bicyclic) bond motifs is 3. The first-order valence-corrected chi connectivity index (χ1v) is 53.7. The Kier molecular flexibility index (Phi) is 33.0. The van der Waals surface area contributed by atoms with Gasteiger partial charge in [0.15, 0.2) is 16.9 Å². The highest BCUT2D eigenvalue weighted by Gasteiger charge is 2.41. The molecule has 0 bridgehead atoms. The largest absolute Gasteiger partial charge is 0.496 e. The summed E-state index contributed by atoms with van der Waals surface area (Å²) in [5.74, 6) is 0.981. The molecule has 2 fully saturated rings. The van der Waals surface area contributed by atoms with Gasteiger partial charge in [-0.3, -0.25) is 34.0 Å². The average Bonchev–Trinajstić information content (AvgIpc) is 1.62. The summed E-state index contributed by atoms with van der Waals surface area (Å²) in [5, 5.41) is 28.6. The summed E-state index contributed by atoms with van der Waals surface area (Å²) in [7, 11) is 12.5. The second kappa shape index (κ2) is 43.7. The number of hydrogen-bond acceptors (Lipinski definition) is 21. The standard InChI is InChI=1S/C37H48N6O6Si.C28H35N5O3Si.C26H26N6O3.C6H15OSi/c1-37(2,3)49-36(46)42-17-16-30(42)34(44)39-29-15-14-24(20-27(29)35(45)41(4)5)25-21-28-32(26-12-10-11-13-31(26)47-6)40-43(33(28)38-22-25)23-48-18-19-50(7,8)9;1-32(2)28(34)22-15-19(11-12-24(22)29)20-16-23-26(21-9-7-8-10-25(21)35-3)31-33(27(23)30-17-20)18-36-13-14-37(4,5)6;1-32(2)26(34)18-12-15(8-9-20(18)29-25(33)21-10-11-27-21)16-13-19-23(30-31-24(19)28-14-16)17-6-4-5-7-22(17)35-3;1-4-7-5-6-8(2)3/h10-15,20-22,30H,16-19,23H2,1-9H3,(H,39,44);7-12,15-17H,13-14,18,29H2,1-6H3;4-9,12-14,21,27H,10-11H2,1-3H3,(H,29,33)(H,28,30,31);4-6H2,1-3H3/t30-;;21-;/m0.0./s1. The molecule has 2 aliphatic rings. The second-order valence-corrected chi connectivity index (χ2v) is 50.4. The zero-order chi connectivity index (χ0) is 94.1. The molecule has 12 aromatic rings. The Hall–Kier alpha value is -12.5. The Morgan fingerprint density at radius 2 is 0.962 bits per heavy atom. The van der Waals surface area contributed by atoms with Crippen LogP contribution in [0.25, 0.3) is 100 Å². The number of methoxy groups -OCH3 is 3. The van der Waals surface area contributed by atoms with Gasteiger partial charge >= 0.3 is 6.09 Å². The van der Waals surface area contributed by atoms with Crippen LogP contribution in [-0.4, -0.2) is 246 Å². The van der Waals surface area contributed by atoms with Gasteiger partial charge in [0, 0.05) is 174 Å². The maximum atomic E-state index is 13.5. The number of rotatable bonds is 30. The average molecular weight is 1820 g/mol. The van der Waals surface area contributed by atoms with E-state index in [-0.39, 0.29) is 51.1 Å². The number of aromatic amines is 1. The van der Waals surface area contributed by atoms with Gasteiger partial charge in [0.1, 0.15) is 53.7 Å². The van der Waals surface area contributed by atoms with E-state index in [1.165, 1.54) is 25.6 Å². The van der Waals surface area contributed by atoms with E-state index < -0.39 is 33.9 Å². The van der Waals surface area contributed by atoms with Crippen LogP contribution in [0.2, 0.25) is 70.5 Å². The minimum atomic E-state index is -1.27. The molecule has 30 nitrogen and oxygen atoms in total. The third-order valence-electron chi connectivity index (χ3n) is 21.7. The van der Waals surface area contributed by atoms with Crippen molar-refractivity contribution < 1.29 is 61.9 Å². The van der Waals surface area contributed by atoms with Crippen LogP contribution >= 0.6 is 0 Å². The fourth-order valence-corrected chi connectivity index (χ4v) is 16.2. The molecule has 130 heavy (non-hydrogen) atoms. The van der Waals surface area contributed by atoms with Gasteiger partial charge in [-0.15, -0.1) is 0 Å². The molecular formula is C97H124N17O13Si3. The van der Waals surface area contributed by atoms with Crippen LogP contribution in [0.3, 0.4) is 0 Å². The number of carbonyl (C=O) groups is 6. The summed E-state index contributed by atoms with van der Waals surface area (Å²) in [6, 6.07) is 47.9. The van der Waals surface area contributed by atoms with Crippen molar-refractivity contribution in [3.8, 4) is 84.4 Å². The zero-order valence-electron chi connectivity index (χ0n) is 78.7. The molecule has 2 aliphatic heterocycles. The monoisotopic (exact) mass is 1820 g/mol. The Labute approximate surface area is 764 Å². The highest BCUT2D eigenvalue weighted by Crippen LogP contribution is 2.41. The molecule has 6 aromatic carbocycles. The van der Waals surface area contributed by atoms with Crippen LogP contribution in [0.4, 0.5) is 21.9 Å². The highest BCUT2D eigenvalue weighted by molar-refractivity contribution is 6.76. The molecule has 0 unspecified atom stereocenters. The van der Waals surface area contributed by atoms with Crippen molar-refractivity contribution in [1.82, 2.24) is 69.6 Å². The van der Waals surface area contributed by atoms with Gasteiger partial charge < -0.3 is 69.5 Å². The van der Waals surface area contributed by atoms with Crippen molar-refractivity contribution in [2.24, 2.45) is 0 Å². The quantitative estimate of drug-likeness (QED) is 0.0159. The van der Waals surface area contributed by atoms with Crippen molar-refractivity contribution >= 4 is 111 Å². The van der Waals surface area contributed by atoms with Gasteiger partial charge in [0.25, 0.3) is 17.7 Å². The molecule has 14 rings (SSSR count). The number of hydrogen-bond donors (Lipinski definition) is 5. The minimum Gasteiger partial charge on any atom is -0.496 e. The Balaban J connectivity index is 0.000000184. The third kappa shape index (κ3) is 24.9. The van der Waals surface area contributed by atoms with Crippen LogP contribution in [0.15, 0.2) is 164 Å². The molecule has 8 heterocycles. The van der Waals surface area contributed by atoms with E-state index in [4.69, 9.17) is 59.1 Å². The number of likely N-dealkylation sites (tertiary alicyclic amines) is 1. The van der Waals surface area contributed by atoms with E-state index in [0.717, 1.165) is 133 Å². The van der Waals surface area contributed by atoms with Crippen LogP contribution in [0.5, 0.6) is 17.2 Å². The highest BCUT2D eigenvalue weighted by atomic mass is 28.3. The van der Waals surface area contributed by atoms with E-state index in [9.17, 15) is 28.8 Å². The number of nitrogens with one attached hydrogen (secondary N) is 4. The number of anilines is 3. The van der Waals surface area contributed by atoms with Gasteiger partial charge in [-0.25, -0.2) is 29.1 Å². The molecule has 2 atom stereocenters. The van der Waals surface area contributed by atoms with Crippen molar-refractivity contribution in [1.29, 1.82) is 0 Å². The summed E-state index contributed by atoms with van der Waals surface area (Å²) in [4.78, 5) is 97.6. The molecular weight excluding hydrogens is 1700 g/mol. The lowest BCUT2D eigenvalue weighted by molar-refractivity contribution is -0.125. The number of aromatic nitrogens is 9. The molecule has 0 spiro atoms. The molecule has 6 aromatic heterocycles. The summed E-state index contributed by atoms with van der Waals surface area (Å²) in [6.45, 7) is 30.9. The predicted molar refractivity (Wildman–Crippen MR) is 522 cm³/mol. The molecule has 2 saturated heterocycles. The van der Waals surface area contributed by atoms with Gasteiger partial charge in [-0.05, 0) is 173 Å². The summed E-state index contributed by atoms with van der Waals surface area (Å²) < 4.78 is 43.1. The molecule has 0 aliphatic carbocycles. The topological polar surface area (TPSA) is 345 Å². The Morgan fingerprint density at radius 3 is 1.38 bits per heavy atom. The second-order valence-electron chi connectivity index (χ2n) is 36.2. The van der Waals surface area contributed by atoms with Gasteiger partial charge in [-0.2, -0.15) is 15.3 Å². The maximum absolute atomic E-state index is 13.5. The molecule has 687 valence electrons. The smallest absolute Gasteiger partial charge is 0.410 e. The first-order valence-electron chi connectivity index (χ1n) is 43.6. The van der Waals surface area contributed by atoms with Gasteiger partial charge in [-0.1, -0.05) is 107 Å². The van der Waals surface area contributed by atoms with Crippen molar-refractivity contribution in [3.05, 3.63) is 181 Å². The van der Waals surface area contributed by atoms with Crippen LogP contribution in [-0.2, 0) is 42.0 Å². The van der Waals surface area contributed by atoms with Crippen LogP contribution in [0.1, 0.15) is 71.6 Å². The van der Waals surface area contributed by atoms with Gasteiger partial charge in [0.05, 0.1) is 61.1 Å². The van der Waals surface area contributed by atoms with E-state index in [1.807, 2.05) is 122 Å². The number of nitrogen functional groups attached to an aromatic ring is 1. The van der Waals surface area contributed by atoms with Crippen molar-refractivity contribution in [2.45, 2.75) is 142 Å². The molecule has 0 saturated carbocycles. The lowest BCUT2D eigenvalue weighted by atomic mass is 9.99. The number of nitrogens with two attached hydrogens (primary N) is 1. The SMILES string of the molecule is CCOCC[Si](C)C.COc1ccccc1-c1[nH]nc2ncc(-c3ccc(NC(=O)[C@@H]4CCN4)c(C(=O)N(C)C)c3)cc12.COc1ccccc1-c1nn(COCC[Si](C)(C)C)c2ncc(-c3ccc(N)c(C(=O)N(C)C)c3)cc12.COc1ccccc1-c1nn(COCC[Si](C)(C)C)c2ncc(-c3ccc(NC(=O)[C@@H]4CCN4C(=O)OC(C)(C)C)c(C(=O)N(C)C)c3)cc12. The maximum Gasteiger partial charge on any atom is 0.410 e. The number of ether oxygens (including phenoxy) is 7. The van der Waals surface area contributed by atoms with Gasteiger partial charge in [0.2, 0.25) is 11.8 Å². The first kappa shape index (κ1) is 98.1. The zero-order valence-corrected chi connectivity index (χ0v) is 81.7. The van der Waals surface area contributed by atoms with Crippen molar-refractivity contribution in [3.63, 3.8) is 0 Å². The molecule has 1 radical (unpaired) electrons. The fraction of sp³-hybridized carbons (Fsp3) is 0.381. The van der Waals surface area contributed by atoms with E-state index in [2.05, 4.69) is 83.5 Å². The molecule has 33 heteroatoms. The summed E-state index contributed by atoms with van der Waals surface area (Å²) in [6.07, 6.45) is 6.01.